The maximum absolute atomic E-state index is 14.2. The monoisotopic (exact) mass is 396 g/mol. The number of methoxy groups -OCH3 is 1. The summed E-state index contributed by atoms with van der Waals surface area (Å²) in [6.07, 6.45) is 0. The predicted molar refractivity (Wildman–Crippen MR) is 107 cm³/mol. The summed E-state index contributed by atoms with van der Waals surface area (Å²) in [5.41, 5.74) is 7.61. The van der Waals surface area contributed by atoms with Crippen molar-refractivity contribution in [1.82, 2.24) is 4.57 Å². The third-order valence-electron chi connectivity index (χ3n) is 4.64. The first-order valence-electron chi connectivity index (χ1n) is 8.91. The molecule has 6 nitrogen and oxygen atoms in total. The Kier molecular flexibility index (Phi) is 5.68. The van der Waals surface area contributed by atoms with Crippen molar-refractivity contribution in [3.8, 4) is 17.2 Å². The standard InChI is InChI=1S/C22H21FN2O4/c1-13-10-17(14(2)25(13)19-7-5-4-6-18(19)23)20(26)12-29-21-11-15(28-3)8-9-16(21)22(24)27/h4-11H,12H2,1-3H3,(H2,24,27). The number of carbonyl (C=O) groups excluding carboxylic acids is 2. The number of aromatic nitrogens is 1. The molecule has 0 unspecified atom stereocenters. The second-order valence-electron chi connectivity index (χ2n) is 6.51. The number of benzene rings is 2. The summed E-state index contributed by atoms with van der Waals surface area (Å²) >= 11 is 0. The van der Waals surface area contributed by atoms with Gasteiger partial charge in [-0.2, -0.15) is 0 Å². The Balaban J connectivity index is 1.87. The molecule has 0 saturated carbocycles. The van der Waals surface area contributed by atoms with Gasteiger partial charge in [0, 0.05) is 23.0 Å². The van der Waals surface area contributed by atoms with Gasteiger partial charge >= 0.3 is 0 Å². The summed E-state index contributed by atoms with van der Waals surface area (Å²) in [6.45, 7) is 3.23. The quantitative estimate of drug-likeness (QED) is 0.619. The molecule has 2 N–H and O–H groups in total. The normalized spacial score (nSPS) is 10.6. The van der Waals surface area contributed by atoms with Crippen LogP contribution in [-0.4, -0.2) is 30.0 Å². The number of primary amides is 1. The molecule has 0 fully saturated rings. The Bertz CT molecular complexity index is 1090. The number of Topliss-reactive ketones (excluding diaryl/α,β-unsaturated/α-hetero) is 1. The molecule has 3 aromatic rings. The van der Waals surface area contributed by atoms with Gasteiger partial charge in [-0.15, -0.1) is 0 Å². The van der Waals surface area contributed by atoms with E-state index in [2.05, 4.69) is 0 Å². The van der Waals surface area contributed by atoms with E-state index in [-0.39, 0.29) is 29.5 Å². The van der Waals surface area contributed by atoms with Crippen molar-refractivity contribution in [2.45, 2.75) is 13.8 Å². The molecule has 150 valence electrons. The minimum absolute atomic E-state index is 0.149. The van der Waals surface area contributed by atoms with Crippen LogP contribution in [0.15, 0.2) is 48.5 Å². The van der Waals surface area contributed by atoms with E-state index in [1.807, 2.05) is 0 Å². The van der Waals surface area contributed by atoms with Gasteiger partial charge in [-0.3, -0.25) is 9.59 Å². The minimum atomic E-state index is -0.673. The molecule has 0 bridgehead atoms. The first kappa shape index (κ1) is 20.1. The molecule has 29 heavy (non-hydrogen) atoms. The zero-order valence-electron chi connectivity index (χ0n) is 16.4. The zero-order chi connectivity index (χ0) is 21.1. The fourth-order valence-corrected chi connectivity index (χ4v) is 3.22. The van der Waals surface area contributed by atoms with E-state index in [9.17, 15) is 14.0 Å². The molecule has 1 amide bonds. The average molecular weight is 396 g/mol. The number of para-hydroxylation sites is 1. The van der Waals surface area contributed by atoms with E-state index in [1.54, 1.807) is 48.7 Å². The lowest BCUT2D eigenvalue weighted by Crippen LogP contribution is -2.17. The van der Waals surface area contributed by atoms with Gasteiger partial charge in [-0.05, 0) is 44.2 Å². The van der Waals surface area contributed by atoms with Crippen molar-refractivity contribution in [3.05, 3.63) is 76.9 Å². The van der Waals surface area contributed by atoms with Crippen LogP contribution in [-0.2, 0) is 0 Å². The number of nitrogens with two attached hydrogens (primary N) is 1. The summed E-state index contributed by atoms with van der Waals surface area (Å²) in [6, 6.07) is 12.6. The van der Waals surface area contributed by atoms with Crippen molar-refractivity contribution in [3.63, 3.8) is 0 Å². The highest BCUT2D eigenvalue weighted by Crippen LogP contribution is 2.26. The molecule has 1 heterocycles. The summed E-state index contributed by atoms with van der Waals surface area (Å²) in [5, 5.41) is 0. The number of carbonyl (C=O) groups is 2. The number of rotatable bonds is 7. The highest BCUT2D eigenvalue weighted by Gasteiger charge is 2.20. The number of aryl methyl sites for hydroxylation is 1. The molecule has 0 atom stereocenters. The lowest BCUT2D eigenvalue weighted by atomic mass is 10.1. The third kappa shape index (κ3) is 3.99. The summed E-state index contributed by atoms with van der Waals surface area (Å²) < 4.78 is 26.6. The van der Waals surface area contributed by atoms with Crippen LogP contribution in [0.25, 0.3) is 5.69 Å². The molecule has 0 spiro atoms. The summed E-state index contributed by atoms with van der Waals surface area (Å²) in [4.78, 5) is 24.4. The van der Waals surface area contributed by atoms with Gasteiger partial charge in [-0.1, -0.05) is 12.1 Å². The first-order valence-corrected chi connectivity index (χ1v) is 8.91. The van der Waals surface area contributed by atoms with Gasteiger partial charge in [0.05, 0.1) is 18.4 Å². The second-order valence-corrected chi connectivity index (χ2v) is 6.51. The maximum atomic E-state index is 14.2. The van der Waals surface area contributed by atoms with Crippen LogP contribution in [0.3, 0.4) is 0 Å². The number of hydrogen-bond donors (Lipinski definition) is 1. The van der Waals surface area contributed by atoms with Crippen LogP contribution >= 0.6 is 0 Å². The van der Waals surface area contributed by atoms with Gasteiger partial charge in [-0.25, -0.2) is 4.39 Å². The van der Waals surface area contributed by atoms with E-state index in [0.717, 1.165) is 5.69 Å². The Morgan fingerprint density at radius 2 is 1.79 bits per heavy atom. The molecule has 0 radical (unpaired) electrons. The molecule has 0 saturated heterocycles. The highest BCUT2D eigenvalue weighted by molar-refractivity contribution is 5.99. The molecule has 0 aliphatic heterocycles. The third-order valence-corrected chi connectivity index (χ3v) is 4.64. The second kappa shape index (κ2) is 8.18. The molecule has 1 aromatic heterocycles. The van der Waals surface area contributed by atoms with Crippen molar-refractivity contribution >= 4 is 11.7 Å². The van der Waals surface area contributed by atoms with Crippen LogP contribution in [0.1, 0.15) is 32.1 Å². The van der Waals surface area contributed by atoms with E-state index in [0.29, 0.717) is 22.7 Å². The van der Waals surface area contributed by atoms with Gasteiger partial charge in [0.25, 0.3) is 5.91 Å². The average Bonchev–Trinajstić information content (AvgIpc) is 3.00. The lowest BCUT2D eigenvalue weighted by Gasteiger charge is -2.12. The highest BCUT2D eigenvalue weighted by atomic mass is 19.1. The number of ether oxygens (including phenoxy) is 2. The number of amides is 1. The molecule has 0 aliphatic carbocycles. The Morgan fingerprint density at radius 3 is 2.45 bits per heavy atom. The van der Waals surface area contributed by atoms with E-state index in [4.69, 9.17) is 15.2 Å². The molecular weight excluding hydrogens is 375 g/mol. The first-order chi connectivity index (χ1) is 13.8. The lowest BCUT2D eigenvalue weighted by molar-refractivity contribution is 0.0911. The van der Waals surface area contributed by atoms with Crippen molar-refractivity contribution in [2.24, 2.45) is 5.73 Å². The van der Waals surface area contributed by atoms with Gasteiger partial charge in [0.15, 0.2) is 6.61 Å². The van der Waals surface area contributed by atoms with Crippen molar-refractivity contribution in [1.29, 1.82) is 0 Å². The molecule has 3 rings (SSSR count). The summed E-state index contributed by atoms with van der Waals surface area (Å²) in [5.74, 6) is -0.734. The van der Waals surface area contributed by atoms with Gasteiger partial charge < -0.3 is 19.8 Å². The van der Waals surface area contributed by atoms with Crippen molar-refractivity contribution in [2.75, 3.05) is 13.7 Å². The summed E-state index contributed by atoms with van der Waals surface area (Å²) in [7, 11) is 1.48. The molecular formula is C22H21FN2O4. The largest absolute Gasteiger partial charge is 0.497 e. The number of halogens is 1. The molecule has 7 heteroatoms. The van der Waals surface area contributed by atoms with Gasteiger partial charge in [0.1, 0.15) is 17.3 Å². The Morgan fingerprint density at radius 1 is 1.07 bits per heavy atom. The van der Waals surface area contributed by atoms with Crippen LogP contribution in [0.5, 0.6) is 11.5 Å². The Hall–Kier alpha value is -3.61. The fourth-order valence-electron chi connectivity index (χ4n) is 3.22. The van der Waals surface area contributed by atoms with Crippen LogP contribution < -0.4 is 15.2 Å². The molecule has 2 aromatic carbocycles. The minimum Gasteiger partial charge on any atom is -0.497 e. The van der Waals surface area contributed by atoms with Crippen LogP contribution in [0.4, 0.5) is 4.39 Å². The zero-order valence-corrected chi connectivity index (χ0v) is 16.4. The van der Waals surface area contributed by atoms with E-state index >= 15 is 0 Å². The topological polar surface area (TPSA) is 83.6 Å². The SMILES string of the molecule is COc1ccc(C(N)=O)c(OCC(=O)c2cc(C)n(-c3ccccc3F)c2C)c1. The predicted octanol–water partition coefficient (Wildman–Crippen LogP) is 3.60. The van der Waals surface area contributed by atoms with E-state index in [1.165, 1.54) is 25.3 Å². The van der Waals surface area contributed by atoms with Crippen molar-refractivity contribution < 1.29 is 23.5 Å². The van der Waals surface area contributed by atoms with E-state index < -0.39 is 5.91 Å². The number of hydrogen-bond acceptors (Lipinski definition) is 4. The number of ketones is 1. The number of nitrogens with zero attached hydrogens (tertiary/aromatic N) is 1. The molecule has 0 aliphatic rings. The Labute approximate surface area is 167 Å². The van der Waals surface area contributed by atoms with Gasteiger partial charge in [0.2, 0.25) is 5.78 Å². The van der Waals surface area contributed by atoms with Crippen LogP contribution in [0.2, 0.25) is 0 Å². The van der Waals surface area contributed by atoms with Crippen LogP contribution in [0, 0.1) is 19.7 Å². The smallest absolute Gasteiger partial charge is 0.252 e. The fraction of sp³-hybridized carbons (Fsp3) is 0.182. The maximum Gasteiger partial charge on any atom is 0.252 e.